The summed E-state index contributed by atoms with van der Waals surface area (Å²) in [5.41, 5.74) is 0.224. The number of rotatable bonds is 4. The third-order valence-electron chi connectivity index (χ3n) is 2.93. The maximum Gasteiger partial charge on any atom is 0.199 e. The predicted molar refractivity (Wildman–Crippen MR) is 84.8 cm³/mol. The van der Waals surface area contributed by atoms with Crippen LogP contribution in [0.4, 0.5) is 4.39 Å². The Kier molecular flexibility index (Phi) is 5.00. The summed E-state index contributed by atoms with van der Waals surface area (Å²) in [6.07, 6.45) is 0. The van der Waals surface area contributed by atoms with Crippen LogP contribution in [0.3, 0.4) is 0 Å². The molecule has 0 radical (unpaired) electrons. The van der Waals surface area contributed by atoms with Crippen molar-refractivity contribution in [2.75, 3.05) is 14.2 Å². The Balaban J connectivity index is 2.59. The summed E-state index contributed by atoms with van der Waals surface area (Å²) in [6, 6.07) is 7.74. The maximum absolute atomic E-state index is 14.1. The number of hydrogen-bond donors (Lipinski definition) is 0. The van der Waals surface area contributed by atoms with Crippen molar-refractivity contribution < 1.29 is 18.7 Å². The third kappa shape index (κ3) is 2.96. The highest BCUT2D eigenvalue weighted by Crippen LogP contribution is 2.38. The van der Waals surface area contributed by atoms with Gasteiger partial charge in [0.25, 0.3) is 0 Å². The minimum absolute atomic E-state index is 0.0280. The number of methoxy groups -OCH3 is 2. The van der Waals surface area contributed by atoms with Gasteiger partial charge in [0.2, 0.25) is 0 Å². The highest BCUT2D eigenvalue weighted by atomic mass is 79.9. The van der Waals surface area contributed by atoms with E-state index < -0.39 is 11.6 Å². The van der Waals surface area contributed by atoms with Gasteiger partial charge >= 0.3 is 0 Å². The number of carbonyl (C=O) groups is 1. The molecule has 2 aromatic carbocycles. The van der Waals surface area contributed by atoms with Crippen LogP contribution in [0, 0.1) is 5.82 Å². The first-order valence-corrected chi connectivity index (χ1v) is 7.49. The summed E-state index contributed by atoms with van der Waals surface area (Å²) < 4.78 is 25.2. The SMILES string of the molecule is COc1ccc(C(=O)c2cccc(Br)c2F)c(OC)c1Br. The second-order valence-corrected chi connectivity index (χ2v) is 5.74. The van der Waals surface area contributed by atoms with E-state index in [4.69, 9.17) is 9.47 Å². The first-order chi connectivity index (χ1) is 10.0. The summed E-state index contributed by atoms with van der Waals surface area (Å²) in [5.74, 6) is -0.234. The molecule has 0 atom stereocenters. The fourth-order valence-corrected chi connectivity index (χ4v) is 2.93. The summed E-state index contributed by atoms with van der Waals surface area (Å²) >= 11 is 6.39. The van der Waals surface area contributed by atoms with E-state index in [9.17, 15) is 9.18 Å². The zero-order valence-corrected chi connectivity index (χ0v) is 14.4. The highest BCUT2D eigenvalue weighted by molar-refractivity contribution is 9.11. The van der Waals surface area contributed by atoms with Gasteiger partial charge in [-0.05, 0) is 56.1 Å². The maximum atomic E-state index is 14.1. The van der Waals surface area contributed by atoms with Crippen molar-refractivity contribution >= 4 is 37.6 Å². The van der Waals surface area contributed by atoms with Crippen molar-refractivity contribution in [2.45, 2.75) is 0 Å². The van der Waals surface area contributed by atoms with Gasteiger partial charge in [0.05, 0.1) is 29.8 Å². The van der Waals surface area contributed by atoms with Crippen LogP contribution in [-0.4, -0.2) is 20.0 Å². The van der Waals surface area contributed by atoms with Gasteiger partial charge in [-0.25, -0.2) is 4.39 Å². The molecule has 0 aromatic heterocycles. The average molecular weight is 418 g/mol. The first kappa shape index (κ1) is 16.0. The fraction of sp³-hybridized carbons (Fsp3) is 0.133. The number of halogens is 3. The Morgan fingerprint density at radius 1 is 1.05 bits per heavy atom. The zero-order valence-electron chi connectivity index (χ0n) is 11.2. The smallest absolute Gasteiger partial charge is 0.199 e. The Labute approximate surface area is 138 Å². The second-order valence-electron chi connectivity index (χ2n) is 4.09. The van der Waals surface area contributed by atoms with Gasteiger partial charge in [0.1, 0.15) is 21.8 Å². The van der Waals surface area contributed by atoms with E-state index in [0.29, 0.717) is 16.0 Å². The predicted octanol–water partition coefficient (Wildman–Crippen LogP) is 4.60. The van der Waals surface area contributed by atoms with Crippen LogP contribution in [-0.2, 0) is 0 Å². The molecule has 0 heterocycles. The quantitative estimate of drug-likeness (QED) is 0.682. The molecule has 21 heavy (non-hydrogen) atoms. The molecule has 6 heteroatoms. The molecule has 3 nitrogen and oxygen atoms in total. The molecule has 0 aliphatic rings. The van der Waals surface area contributed by atoms with Gasteiger partial charge in [-0.15, -0.1) is 0 Å². The Bertz CT molecular complexity index is 702. The lowest BCUT2D eigenvalue weighted by Gasteiger charge is -2.13. The molecule has 0 fully saturated rings. The van der Waals surface area contributed by atoms with Crippen molar-refractivity contribution in [1.82, 2.24) is 0 Å². The molecule has 0 amide bonds. The second kappa shape index (κ2) is 6.58. The average Bonchev–Trinajstić information content (AvgIpc) is 2.49. The largest absolute Gasteiger partial charge is 0.495 e. The fourth-order valence-electron chi connectivity index (χ4n) is 1.90. The molecule has 2 aromatic rings. The van der Waals surface area contributed by atoms with E-state index in [0.717, 1.165) is 0 Å². The standard InChI is InChI=1S/C15H11Br2FO3/c1-20-11-7-6-9(15(21-2)12(11)17)14(19)8-4-3-5-10(16)13(8)18/h3-7H,1-2H3. The van der Waals surface area contributed by atoms with Crippen LogP contribution in [0.5, 0.6) is 11.5 Å². The van der Waals surface area contributed by atoms with Crippen LogP contribution in [0.1, 0.15) is 15.9 Å². The van der Waals surface area contributed by atoms with Crippen molar-refractivity contribution in [3.63, 3.8) is 0 Å². The molecule has 0 aliphatic heterocycles. The molecule has 0 unspecified atom stereocenters. The van der Waals surface area contributed by atoms with Gasteiger partial charge < -0.3 is 9.47 Å². The number of carbonyl (C=O) groups excluding carboxylic acids is 1. The van der Waals surface area contributed by atoms with E-state index >= 15 is 0 Å². The topological polar surface area (TPSA) is 35.5 Å². The summed E-state index contributed by atoms with van der Waals surface area (Å²) in [6.45, 7) is 0. The molecule has 0 saturated heterocycles. The molecule has 110 valence electrons. The van der Waals surface area contributed by atoms with Crippen LogP contribution in [0.25, 0.3) is 0 Å². The minimum Gasteiger partial charge on any atom is -0.495 e. The van der Waals surface area contributed by atoms with E-state index in [2.05, 4.69) is 31.9 Å². The van der Waals surface area contributed by atoms with Crippen molar-refractivity contribution in [3.05, 3.63) is 56.2 Å². The lowest BCUT2D eigenvalue weighted by molar-refractivity contribution is 0.103. The lowest BCUT2D eigenvalue weighted by atomic mass is 10.0. The van der Waals surface area contributed by atoms with E-state index in [-0.39, 0.29) is 15.6 Å². The highest BCUT2D eigenvalue weighted by Gasteiger charge is 2.22. The Hall–Kier alpha value is -1.40. The van der Waals surface area contributed by atoms with Crippen molar-refractivity contribution in [3.8, 4) is 11.5 Å². The molecular formula is C15H11Br2FO3. The monoisotopic (exact) mass is 416 g/mol. The van der Waals surface area contributed by atoms with Crippen LogP contribution in [0.2, 0.25) is 0 Å². The molecule has 2 rings (SSSR count). The Morgan fingerprint density at radius 3 is 2.38 bits per heavy atom. The van der Waals surface area contributed by atoms with Crippen LogP contribution in [0.15, 0.2) is 39.3 Å². The van der Waals surface area contributed by atoms with Crippen LogP contribution < -0.4 is 9.47 Å². The Morgan fingerprint density at radius 2 is 1.76 bits per heavy atom. The third-order valence-corrected chi connectivity index (χ3v) is 4.29. The van der Waals surface area contributed by atoms with E-state index in [1.807, 2.05) is 0 Å². The normalized spacial score (nSPS) is 10.3. The van der Waals surface area contributed by atoms with Gasteiger partial charge in [-0.2, -0.15) is 0 Å². The molecule has 0 N–H and O–H groups in total. The summed E-state index contributed by atoms with van der Waals surface area (Å²) in [7, 11) is 2.95. The van der Waals surface area contributed by atoms with Crippen LogP contribution >= 0.6 is 31.9 Å². The number of ketones is 1. The van der Waals surface area contributed by atoms with Gasteiger partial charge in [0.15, 0.2) is 5.78 Å². The lowest BCUT2D eigenvalue weighted by Crippen LogP contribution is -2.07. The van der Waals surface area contributed by atoms with Gasteiger partial charge in [-0.1, -0.05) is 6.07 Å². The van der Waals surface area contributed by atoms with Gasteiger partial charge in [-0.3, -0.25) is 4.79 Å². The zero-order chi connectivity index (χ0) is 15.6. The molecule has 0 aliphatic carbocycles. The summed E-state index contributed by atoms with van der Waals surface area (Å²) in [4.78, 5) is 12.5. The molecular weight excluding hydrogens is 407 g/mol. The number of hydrogen-bond acceptors (Lipinski definition) is 3. The van der Waals surface area contributed by atoms with Gasteiger partial charge in [0, 0.05) is 0 Å². The van der Waals surface area contributed by atoms with E-state index in [1.54, 1.807) is 18.2 Å². The number of benzene rings is 2. The molecule has 0 saturated carbocycles. The summed E-state index contributed by atoms with van der Waals surface area (Å²) in [5, 5.41) is 0. The first-order valence-electron chi connectivity index (χ1n) is 5.90. The van der Waals surface area contributed by atoms with Crippen molar-refractivity contribution in [1.29, 1.82) is 0 Å². The van der Waals surface area contributed by atoms with E-state index in [1.165, 1.54) is 26.4 Å². The van der Waals surface area contributed by atoms with Crippen molar-refractivity contribution in [2.24, 2.45) is 0 Å². The molecule has 0 bridgehead atoms. The minimum atomic E-state index is -0.600. The number of ether oxygens (including phenoxy) is 2. The molecule has 0 spiro atoms.